The minimum Gasteiger partial charge on any atom is -0.490 e. The minimum atomic E-state index is -0.198. The largest absolute Gasteiger partial charge is 0.490 e. The molecule has 0 unspecified atom stereocenters. The van der Waals surface area contributed by atoms with Gasteiger partial charge in [0.25, 0.3) is 0 Å². The van der Waals surface area contributed by atoms with Crippen LogP contribution in [0.3, 0.4) is 0 Å². The molecular weight excluding hydrogens is 382 g/mol. The van der Waals surface area contributed by atoms with Crippen molar-refractivity contribution in [2.75, 3.05) is 35.8 Å². The topological polar surface area (TPSA) is 154 Å². The SMILES string of the molecule is CCOc1ccc(NC(=O)CSc2nc3nc(N)nc(N)c3[nH]2)cc1OCC. The van der Waals surface area contributed by atoms with Gasteiger partial charge in [0.2, 0.25) is 11.9 Å². The normalized spacial score (nSPS) is 10.8. The van der Waals surface area contributed by atoms with Gasteiger partial charge in [0, 0.05) is 11.8 Å². The molecule has 28 heavy (non-hydrogen) atoms. The molecule has 0 bridgehead atoms. The molecule has 11 heteroatoms. The quantitative estimate of drug-likeness (QED) is 0.414. The van der Waals surface area contributed by atoms with Crippen LogP contribution >= 0.6 is 11.8 Å². The van der Waals surface area contributed by atoms with Crippen LogP contribution in [0.25, 0.3) is 11.2 Å². The van der Waals surface area contributed by atoms with Gasteiger partial charge in [-0.15, -0.1) is 0 Å². The zero-order valence-electron chi connectivity index (χ0n) is 15.5. The zero-order valence-corrected chi connectivity index (χ0v) is 16.3. The first-order valence-electron chi connectivity index (χ1n) is 8.61. The molecule has 0 atom stereocenters. The Labute approximate surface area is 165 Å². The Balaban J connectivity index is 1.64. The molecular formula is C17H21N7O3S. The fourth-order valence-corrected chi connectivity index (χ4v) is 3.11. The lowest BCUT2D eigenvalue weighted by molar-refractivity contribution is -0.113. The van der Waals surface area contributed by atoms with Crippen molar-refractivity contribution in [3.63, 3.8) is 0 Å². The van der Waals surface area contributed by atoms with Crippen molar-refractivity contribution in [3.05, 3.63) is 18.2 Å². The van der Waals surface area contributed by atoms with Gasteiger partial charge < -0.3 is 31.2 Å². The van der Waals surface area contributed by atoms with Crippen molar-refractivity contribution in [1.82, 2.24) is 19.9 Å². The lowest BCUT2D eigenvalue weighted by Crippen LogP contribution is -2.14. The number of ether oxygens (including phenoxy) is 2. The number of amides is 1. The highest BCUT2D eigenvalue weighted by Gasteiger charge is 2.13. The fraction of sp³-hybridized carbons (Fsp3) is 0.294. The molecule has 6 N–H and O–H groups in total. The predicted octanol–water partition coefficient (Wildman–Crippen LogP) is 2.05. The van der Waals surface area contributed by atoms with Crippen LogP contribution in [0.1, 0.15) is 13.8 Å². The van der Waals surface area contributed by atoms with Gasteiger partial charge in [-0.3, -0.25) is 4.79 Å². The van der Waals surface area contributed by atoms with E-state index in [0.29, 0.717) is 46.7 Å². The smallest absolute Gasteiger partial charge is 0.234 e. The number of nitrogens with zero attached hydrogens (tertiary/aromatic N) is 3. The van der Waals surface area contributed by atoms with E-state index in [1.54, 1.807) is 18.2 Å². The Hall–Kier alpha value is -3.21. The summed E-state index contributed by atoms with van der Waals surface area (Å²) in [7, 11) is 0. The molecule has 0 spiro atoms. The van der Waals surface area contributed by atoms with Crippen LogP contribution in [0.5, 0.6) is 11.5 Å². The van der Waals surface area contributed by atoms with E-state index in [0.717, 1.165) is 0 Å². The van der Waals surface area contributed by atoms with Gasteiger partial charge in [0.15, 0.2) is 28.1 Å². The van der Waals surface area contributed by atoms with Gasteiger partial charge >= 0.3 is 0 Å². The first-order valence-corrected chi connectivity index (χ1v) is 9.59. The average Bonchev–Trinajstić information content (AvgIpc) is 3.06. The Bertz CT molecular complexity index is 992. The second-order valence-electron chi connectivity index (χ2n) is 5.57. The van der Waals surface area contributed by atoms with E-state index < -0.39 is 0 Å². The summed E-state index contributed by atoms with van der Waals surface area (Å²) in [5.41, 5.74) is 12.8. The highest BCUT2D eigenvalue weighted by molar-refractivity contribution is 7.99. The Morgan fingerprint density at radius 1 is 1.14 bits per heavy atom. The number of fused-ring (bicyclic) bond motifs is 1. The maximum Gasteiger partial charge on any atom is 0.234 e. The van der Waals surface area contributed by atoms with Crippen LogP contribution in [0.2, 0.25) is 0 Å². The van der Waals surface area contributed by atoms with Crippen molar-refractivity contribution >= 4 is 46.3 Å². The van der Waals surface area contributed by atoms with E-state index in [2.05, 4.69) is 25.3 Å². The van der Waals surface area contributed by atoms with Crippen molar-refractivity contribution in [2.24, 2.45) is 0 Å². The second kappa shape index (κ2) is 8.65. The summed E-state index contributed by atoms with van der Waals surface area (Å²) in [6.45, 7) is 4.81. The molecule has 1 aromatic carbocycles. The summed E-state index contributed by atoms with van der Waals surface area (Å²) in [5.74, 6) is 1.42. The van der Waals surface area contributed by atoms with Crippen LogP contribution in [0, 0.1) is 0 Å². The predicted molar refractivity (Wildman–Crippen MR) is 109 cm³/mol. The molecule has 1 amide bonds. The number of nitrogen functional groups attached to an aromatic ring is 2. The van der Waals surface area contributed by atoms with Crippen LogP contribution in [-0.4, -0.2) is 44.8 Å². The van der Waals surface area contributed by atoms with Crippen molar-refractivity contribution < 1.29 is 14.3 Å². The van der Waals surface area contributed by atoms with Crippen LogP contribution in [0.15, 0.2) is 23.4 Å². The van der Waals surface area contributed by atoms with Crippen molar-refractivity contribution in [3.8, 4) is 11.5 Å². The Morgan fingerprint density at radius 3 is 2.64 bits per heavy atom. The van der Waals surface area contributed by atoms with Crippen LogP contribution < -0.4 is 26.3 Å². The molecule has 0 saturated heterocycles. The Kier molecular flexibility index (Phi) is 6.04. The number of aromatic nitrogens is 4. The summed E-state index contributed by atoms with van der Waals surface area (Å²) in [4.78, 5) is 27.4. The molecule has 0 fully saturated rings. The van der Waals surface area contributed by atoms with Crippen LogP contribution in [0.4, 0.5) is 17.5 Å². The number of imidazole rings is 1. The van der Waals surface area contributed by atoms with E-state index >= 15 is 0 Å². The number of benzene rings is 1. The number of nitrogens with two attached hydrogens (primary N) is 2. The summed E-state index contributed by atoms with van der Waals surface area (Å²) in [5, 5.41) is 3.32. The highest BCUT2D eigenvalue weighted by Crippen LogP contribution is 2.31. The maximum absolute atomic E-state index is 12.3. The summed E-state index contributed by atoms with van der Waals surface area (Å²) >= 11 is 1.22. The molecule has 0 aliphatic carbocycles. The number of carbonyl (C=O) groups excluding carboxylic acids is 1. The van der Waals surface area contributed by atoms with Gasteiger partial charge in [0.1, 0.15) is 5.52 Å². The van der Waals surface area contributed by atoms with E-state index in [4.69, 9.17) is 20.9 Å². The lowest BCUT2D eigenvalue weighted by atomic mass is 10.2. The first-order chi connectivity index (χ1) is 13.5. The number of hydrogen-bond donors (Lipinski definition) is 4. The molecule has 0 radical (unpaired) electrons. The second-order valence-corrected chi connectivity index (χ2v) is 6.54. The molecule has 0 aliphatic heterocycles. The summed E-state index contributed by atoms with van der Waals surface area (Å²) < 4.78 is 11.1. The van der Waals surface area contributed by atoms with Crippen molar-refractivity contribution in [2.45, 2.75) is 19.0 Å². The van der Waals surface area contributed by atoms with Crippen LogP contribution in [-0.2, 0) is 4.79 Å². The minimum absolute atomic E-state index is 0.0476. The molecule has 3 rings (SSSR count). The third kappa shape index (κ3) is 4.55. The first kappa shape index (κ1) is 19.5. The third-order valence-electron chi connectivity index (χ3n) is 3.54. The van der Waals surface area contributed by atoms with E-state index in [1.807, 2.05) is 13.8 Å². The summed E-state index contributed by atoms with van der Waals surface area (Å²) in [6.07, 6.45) is 0. The third-order valence-corrected chi connectivity index (χ3v) is 4.42. The van der Waals surface area contributed by atoms with Crippen molar-refractivity contribution in [1.29, 1.82) is 0 Å². The molecule has 0 saturated carbocycles. The molecule has 10 nitrogen and oxygen atoms in total. The molecule has 148 valence electrons. The number of hydrogen-bond acceptors (Lipinski definition) is 9. The van der Waals surface area contributed by atoms with Gasteiger partial charge in [-0.05, 0) is 26.0 Å². The highest BCUT2D eigenvalue weighted by atomic mass is 32.2. The number of rotatable bonds is 8. The number of aromatic amines is 1. The molecule has 0 aliphatic rings. The molecule has 3 aromatic rings. The van der Waals surface area contributed by atoms with E-state index in [-0.39, 0.29) is 23.4 Å². The zero-order chi connectivity index (χ0) is 20.1. The van der Waals surface area contributed by atoms with Gasteiger partial charge in [0.05, 0.1) is 19.0 Å². The Morgan fingerprint density at radius 2 is 1.89 bits per heavy atom. The lowest BCUT2D eigenvalue weighted by Gasteiger charge is -2.12. The summed E-state index contributed by atoms with van der Waals surface area (Å²) in [6, 6.07) is 5.26. The number of thioether (sulfide) groups is 1. The van der Waals surface area contributed by atoms with E-state index in [1.165, 1.54) is 11.8 Å². The number of carbonyl (C=O) groups is 1. The molecule has 2 heterocycles. The number of anilines is 3. The standard InChI is InChI=1S/C17H21N7O3S/c1-3-26-10-6-5-9(7-11(10)27-4-2)20-12(25)8-28-17-21-13-14(18)22-16(19)23-15(13)24-17/h5-7H,3-4,8H2,1-2H3,(H,20,25)(H5,18,19,21,22,23,24). The van der Waals surface area contributed by atoms with Gasteiger partial charge in [-0.1, -0.05) is 11.8 Å². The van der Waals surface area contributed by atoms with E-state index in [9.17, 15) is 4.79 Å². The average molecular weight is 403 g/mol. The fourth-order valence-electron chi connectivity index (χ4n) is 2.44. The number of H-pyrrole nitrogens is 1. The van der Waals surface area contributed by atoms with Gasteiger partial charge in [-0.2, -0.15) is 9.97 Å². The monoisotopic (exact) mass is 403 g/mol. The number of nitrogens with one attached hydrogen (secondary N) is 2. The van der Waals surface area contributed by atoms with Gasteiger partial charge in [-0.25, -0.2) is 4.98 Å². The maximum atomic E-state index is 12.3. The molecule has 2 aromatic heterocycles.